The first kappa shape index (κ1) is 15.3. The minimum absolute atomic E-state index is 0.456. The van der Waals surface area contributed by atoms with Crippen LogP contribution < -0.4 is 4.74 Å². The Morgan fingerprint density at radius 2 is 2.06 bits per heavy atom. The lowest BCUT2D eigenvalue weighted by Crippen LogP contribution is -2.32. The van der Waals surface area contributed by atoms with Gasteiger partial charge < -0.3 is 4.74 Å². The van der Waals surface area contributed by atoms with Crippen LogP contribution in [0.4, 0.5) is 0 Å². The van der Waals surface area contributed by atoms with E-state index in [1.165, 1.54) is 0 Å². The first-order chi connectivity index (χ1) is 8.51. The topological polar surface area (TPSA) is 25.4 Å². The number of pyridine rings is 1. The van der Waals surface area contributed by atoms with E-state index in [9.17, 15) is 0 Å². The second kappa shape index (κ2) is 6.95. The molecule has 18 heavy (non-hydrogen) atoms. The average Bonchev–Trinajstić information content (AvgIpc) is 2.32. The predicted molar refractivity (Wildman–Crippen MR) is 76.5 cm³/mol. The highest BCUT2D eigenvalue weighted by atomic mass is 35.5. The SMILES string of the molecule is COc1c(C)cnc(CN(CCCl)C(C)C)c1C. The highest BCUT2D eigenvalue weighted by Crippen LogP contribution is 2.25. The van der Waals surface area contributed by atoms with Crippen molar-refractivity contribution in [3.8, 4) is 5.75 Å². The Morgan fingerprint density at radius 1 is 1.39 bits per heavy atom. The number of aromatic nitrogens is 1. The Bertz CT molecular complexity index is 394. The van der Waals surface area contributed by atoms with Gasteiger partial charge in [-0.2, -0.15) is 0 Å². The summed E-state index contributed by atoms with van der Waals surface area (Å²) < 4.78 is 5.43. The third-order valence-electron chi connectivity index (χ3n) is 3.20. The highest BCUT2D eigenvalue weighted by molar-refractivity contribution is 6.18. The van der Waals surface area contributed by atoms with Gasteiger partial charge in [0, 0.05) is 42.3 Å². The zero-order chi connectivity index (χ0) is 13.7. The molecular weight excluding hydrogens is 248 g/mol. The number of hydrogen-bond acceptors (Lipinski definition) is 3. The number of hydrogen-bond donors (Lipinski definition) is 0. The molecule has 0 aromatic carbocycles. The van der Waals surface area contributed by atoms with Crippen LogP contribution in [0.15, 0.2) is 6.20 Å². The fraction of sp³-hybridized carbons (Fsp3) is 0.643. The maximum atomic E-state index is 5.84. The molecule has 102 valence electrons. The Kier molecular flexibility index (Phi) is 5.89. The molecule has 0 saturated carbocycles. The van der Waals surface area contributed by atoms with Crippen LogP contribution in [0, 0.1) is 13.8 Å². The normalized spacial score (nSPS) is 11.3. The molecule has 0 bridgehead atoms. The number of nitrogens with zero attached hydrogens (tertiary/aromatic N) is 2. The Labute approximate surface area is 115 Å². The maximum absolute atomic E-state index is 5.84. The van der Waals surface area contributed by atoms with Crippen molar-refractivity contribution >= 4 is 11.6 Å². The Hall–Kier alpha value is -0.800. The summed E-state index contributed by atoms with van der Waals surface area (Å²) in [4.78, 5) is 6.84. The maximum Gasteiger partial charge on any atom is 0.128 e. The van der Waals surface area contributed by atoms with Gasteiger partial charge in [-0.15, -0.1) is 11.6 Å². The van der Waals surface area contributed by atoms with Gasteiger partial charge >= 0.3 is 0 Å². The second-order valence-electron chi connectivity index (χ2n) is 4.80. The van der Waals surface area contributed by atoms with Crippen molar-refractivity contribution in [3.05, 3.63) is 23.0 Å². The fourth-order valence-corrected chi connectivity index (χ4v) is 2.27. The van der Waals surface area contributed by atoms with E-state index < -0.39 is 0 Å². The van der Waals surface area contributed by atoms with E-state index in [1.54, 1.807) is 7.11 Å². The standard InChI is InChI=1S/C14H23ClN2O/c1-10(2)17(7-6-15)9-13-12(4)14(18-5)11(3)8-16-13/h8,10H,6-7,9H2,1-5H3. The molecule has 0 amide bonds. The van der Waals surface area contributed by atoms with Crippen LogP contribution in [-0.2, 0) is 6.54 Å². The molecule has 0 aliphatic carbocycles. The summed E-state index contributed by atoms with van der Waals surface area (Å²) in [5.41, 5.74) is 3.26. The van der Waals surface area contributed by atoms with E-state index in [1.807, 2.05) is 13.1 Å². The summed E-state index contributed by atoms with van der Waals surface area (Å²) in [6.45, 7) is 10.1. The van der Waals surface area contributed by atoms with E-state index in [0.717, 1.165) is 35.7 Å². The molecular formula is C14H23ClN2O. The van der Waals surface area contributed by atoms with Crippen LogP contribution in [0.1, 0.15) is 30.7 Å². The molecule has 0 aliphatic rings. The molecule has 0 N–H and O–H groups in total. The van der Waals surface area contributed by atoms with E-state index in [4.69, 9.17) is 16.3 Å². The first-order valence-corrected chi connectivity index (χ1v) is 6.83. The van der Waals surface area contributed by atoms with E-state index >= 15 is 0 Å². The summed E-state index contributed by atoms with van der Waals surface area (Å²) in [6.07, 6.45) is 1.88. The van der Waals surface area contributed by atoms with Gasteiger partial charge in [-0.25, -0.2) is 0 Å². The van der Waals surface area contributed by atoms with Crippen molar-refractivity contribution in [2.75, 3.05) is 19.5 Å². The smallest absolute Gasteiger partial charge is 0.128 e. The van der Waals surface area contributed by atoms with Gasteiger partial charge in [0.25, 0.3) is 0 Å². The van der Waals surface area contributed by atoms with E-state index in [0.29, 0.717) is 11.9 Å². The van der Waals surface area contributed by atoms with Gasteiger partial charge in [0.15, 0.2) is 0 Å². The number of aryl methyl sites for hydroxylation is 1. The van der Waals surface area contributed by atoms with E-state index in [2.05, 4.69) is 30.7 Å². The molecule has 1 heterocycles. The minimum atomic E-state index is 0.456. The quantitative estimate of drug-likeness (QED) is 0.743. The van der Waals surface area contributed by atoms with Crippen molar-refractivity contribution < 1.29 is 4.74 Å². The molecule has 1 rings (SSSR count). The number of rotatable bonds is 6. The molecule has 1 aromatic heterocycles. The Morgan fingerprint density at radius 3 is 2.56 bits per heavy atom. The van der Waals surface area contributed by atoms with E-state index in [-0.39, 0.29) is 0 Å². The minimum Gasteiger partial charge on any atom is -0.496 e. The molecule has 1 aromatic rings. The van der Waals surface area contributed by atoms with Crippen LogP contribution in [0.5, 0.6) is 5.75 Å². The van der Waals surface area contributed by atoms with Crippen molar-refractivity contribution in [2.24, 2.45) is 0 Å². The molecule has 4 heteroatoms. The molecule has 0 atom stereocenters. The van der Waals surface area contributed by atoms with Crippen molar-refractivity contribution in [1.29, 1.82) is 0 Å². The molecule has 0 spiro atoms. The summed E-state index contributed by atoms with van der Waals surface area (Å²) in [5.74, 6) is 1.58. The van der Waals surface area contributed by atoms with Crippen LogP contribution in [0.2, 0.25) is 0 Å². The van der Waals surface area contributed by atoms with Gasteiger partial charge in [0.2, 0.25) is 0 Å². The molecule has 0 saturated heterocycles. The monoisotopic (exact) mass is 270 g/mol. The number of ether oxygens (including phenoxy) is 1. The fourth-order valence-electron chi connectivity index (χ4n) is 2.05. The number of alkyl halides is 1. The summed E-state index contributed by atoms with van der Waals surface area (Å²) in [5, 5.41) is 0. The molecule has 0 fully saturated rings. The molecule has 0 aliphatic heterocycles. The third-order valence-corrected chi connectivity index (χ3v) is 3.37. The molecule has 0 radical (unpaired) electrons. The second-order valence-corrected chi connectivity index (χ2v) is 5.18. The average molecular weight is 271 g/mol. The lowest BCUT2D eigenvalue weighted by molar-refractivity contribution is 0.223. The van der Waals surface area contributed by atoms with Gasteiger partial charge in [0.05, 0.1) is 12.8 Å². The van der Waals surface area contributed by atoms with Crippen LogP contribution in [0.3, 0.4) is 0 Å². The summed E-state index contributed by atoms with van der Waals surface area (Å²) in [7, 11) is 1.71. The van der Waals surface area contributed by atoms with Crippen LogP contribution in [0.25, 0.3) is 0 Å². The van der Waals surface area contributed by atoms with Gasteiger partial charge in [-0.3, -0.25) is 9.88 Å². The number of methoxy groups -OCH3 is 1. The summed E-state index contributed by atoms with van der Waals surface area (Å²) >= 11 is 5.84. The number of halogens is 1. The lowest BCUT2D eigenvalue weighted by Gasteiger charge is -2.26. The van der Waals surface area contributed by atoms with Crippen LogP contribution in [-0.4, -0.2) is 35.5 Å². The van der Waals surface area contributed by atoms with Crippen molar-refractivity contribution in [3.63, 3.8) is 0 Å². The van der Waals surface area contributed by atoms with Crippen molar-refractivity contribution in [2.45, 2.75) is 40.3 Å². The zero-order valence-electron chi connectivity index (χ0n) is 12.0. The predicted octanol–water partition coefficient (Wildman–Crippen LogP) is 3.16. The van der Waals surface area contributed by atoms with Crippen molar-refractivity contribution in [1.82, 2.24) is 9.88 Å². The van der Waals surface area contributed by atoms with Gasteiger partial charge in [0.1, 0.15) is 5.75 Å². The first-order valence-electron chi connectivity index (χ1n) is 6.30. The highest BCUT2D eigenvalue weighted by Gasteiger charge is 2.15. The Balaban J connectivity index is 2.96. The lowest BCUT2D eigenvalue weighted by atomic mass is 10.1. The van der Waals surface area contributed by atoms with Crippen LogP contribution >= 0.6 is 11.6 Å². The van der Waals surface area contributed by atoms with Gasteiger partial charge in [-0.05, 0) is 27.7 Å². The van der Waals surface area contributed by atoms with Gasteiger partial charge in [-0.1, -0.05) is 0 Å². The largest absolute Gasteiger partial charge is 0.496 e. The molecule has 3 nitrogen and oxygen atoms in total. The zero-order valence-corrected chi connectivity index (χ0v) is 12.7. The summed E-state index contributed by atoms with van der Waals surface area (Å²) in [6, 6.07) is 0.456. The molecule has 0 unspecified atom stereocenters. The third kappa shape index (κ3) is 3.59.